The number of aliphatic hydroxyl groups is 1. The van der Waals surface area contributed by atoms with Crippen LogP contribution in [-0.2, 0) is 20.7 Å². The topological polar surface area (TPSA) is 76.5 Å². The van der Waals surface area contributed by atoms with Gasteiger partial charge >= 0.3 is 0 Å². The van der Waals surface area contributed by atoms with Gasteiger partial charge < -0.3 is 9.84 Å². The molecule has 2 saturated carbocycles. The fourth-order valence-electron chi connectivity index (χ4n) is 3.90. The zero-order valence-corrected chi connectivity index (χ0v) is 14.5. The maximum atomic E-state index is 13.5. The number of ether oxygens (including phenoxy) is 1. The highest BCUT2D eigenvalue weighted by Gasteiger charge is 2.45. The smallest absolute Gasteiger partial charge is 0.264 e. The lowest BCUT2D eigenvalue weighted by molar-refractivity contribution is -0.127. The van der Waals surface area contributed by atoms with Crippen molar-refractivity contribution in [3.63, 3.8) is 0 Å². The number of carbonyl (C=O) groups is 2. The number of halogens is 2. The van der Waals surface area contributed by atoms with Crippen molar-refractivity contribution in [2.75, 3.05) is 13.7 Å². The molecule has 0 aromatic carbocycles. The third-order valence-electron chi connectivity index (χ3n) is 5.20. The molecule has 1 aromatic heterocycles. The van der Waals surface area contributed by atoms with Crippen molar-refractivity contribution in [3.05, 3.63) is 34.7 Å². The standard InChI is InChI=1S/C19H21F2NO4/c1-26-8-2-3-13-14(12(19(20)21)6-7-22-13)18(25)15-16(23)10-4-5-11(9-10)17(15)24/h6-7,10-11,19,25H,2-5,8-9H2,1H3. The van der Waals surface area contributed by atoms with Gasteiger partial charge in [0.15, 0.2) is 11.6 Å². The number of carbonyl (C=O) groups excluding carboxylic acids is 2. The summed E-state index contributed by atoms with van der Waals surface area (Å²) in [7, 11) is 1.53. The van der Waals surface area contributed by atoms with Crippen molar-refractivity contribution in [1.82, 2.24) is 4.98 Å². The van der Waals surface area contributed by atoms with E-state index in [9.17, 15) is 23.5 Å². The lowest BCUT2D eigenvalue weighted by Crippen LogP contribution is -2.30. The van der Waals surface area contributed by atoms with Crippen LogP contribution in [0, 0.1) is 11.8 Å². The summed E-state index contributed by atoms with van der Waals surface area (Å²) in [6, 6.07) is 1.11. The third kappa shape index (κ3) is 3.28. The van der Waals surface area contributed by atoms with Gasteiger partial charge in [-0.05, 0) is 38.2 Å². The molecule has 1 N–H and O–H groups in total. The van der Waals surface area contributed by atoms with E-state index >= 15 is 0 Å². The van der Waals surface area contributed by atoms with Crippen molar-refractivity contribution >= 4 is 17.3 Å². The molecule has 0 saturated heterocycles. The highest BCUT2D eigenvalue weighted by Crippen LogP contribution is 2.43. The van der Waals surface area contributed by atoms with Gasteiger partial charge in [0.25, 0.3) is 6.43 Å². The third-order valence-corrected chi connectivity index (χ3v) is 5.20. The first-order chi connectivity index (χ1) is 12.5. The lowest BCUT2D eigenvalue weighted by Gasteiger charge is -2.22. The molecule has 7 heteroatoms. The molecule has 0 aliphatic heterocycles. The highest BCUT2D eigenvalue weighted by atomic mass is 19.3. The van der Waals surface area contributed by atoms with Crippen LogP contribution in [0.2, 0.25) is 0 Å². The Morgan fingerprint density at radius 2 is 1.96 bits per heavy atom. The summed E-state index contributed by atoms with van der Waals surface area (Å²) in [5, 5.41) is 10.7. The number of Topliss-reactive ketones (excluding diaryl/α,β-unsaturated/α-hetero) is 2. The Balaban J connectivity index is 2.11. The number of hydrogen-bond acceptors (Lipinski definition) is 5. The second kappa shape index (κ2) is 7.61. The van der Waals surface area contributed by atoms with E-state index in [0.29, 0.717) is 32.3 Å². The molecule has 0 amide bonds. The number of aryl methyl sites for hydroxylation is 1. The Morgan fingerprint density at radius 1 is 1.31 bits per heavy atom. The molecule has 2 atom stereocenters. The van der Waals surface area contributed by atoms with Gasteiger partial charge in [-0.1, -0.05) is 0 Å². The maximum absolute atomic E-state index is 13.5. The van der Waals surface area contributed by atoms with Gasteiger partial charge in [0.2, 0.25) is 0 Å². The van der Waals surface area contributed by atoms with Crippen LogP contribution in [0.25, 0.3) is 5.76 Å². The van der Waals surface area contributed by atoms with E-state index in [2.05, 4.69) is 4.98 Å². The molecule has 2 bridgehead atoms. The first-order valence-electron chi connectivity index (χ1n) is 8.72. The summed E-state index contributed by atoms with van der Waals surface area (Å²) in [6.45, 7) is 0.402. The number of aliphatic hydroxyl groups excluding tert-OH is 1. The van der Waals surface area contributed by atoms with Gasteiger partial charge in [-0.25, -0.2) is 8.78 Å². The molecule has 0 spiro atoms. The van der Waals surface area contributed by atoms with Crippen LogP contribution >= 0.6 is 0 Å². The monoisotopic (exact) mass is 365 g/mol. The second-order valence-corrected chi connectivity index (χ2v) is 6.78. The minimum atomic E-state index is -2.86. The fourth-order valence-corrected chi connectivity index (χ4v) is 3.90. The summed E-state index contributed by atoms with van der Waals surface area (Å²) < 4.78 is 32.0. The number of alkyl halides is 2. The molecular weight excluding hydrogens is 344 g/mol. The molecule has 3 rings (SSSR count). The Morgan fingerprint density at radius 3 is 2.54 bits per heavy atom. The highest BCUT2D eigenvalue weighted by molar-refractivity contribution is 6.27. The average Bonchev–Trinajstić information content (AvgIpc) is 3.07. The van der Waals surface area contributed by atoms with E-state index in [1.165, 1.54) is 13.3 Å². The summed E-state index contributed by atoms with van der Waals surface area (Å²) in [4.78, 5) is 29.3. The quantitative estimate of drug-likeness (QED) is 0.362. The number of nitrogens with zero attached hydrogens (tertiary/aromatic N) is 1. The van der Waals surface area contributed by atoms with Crippen molar-refractivity contribution in [1.29, 1.82) is 0 Å². The molecule has 140 valence electrons. The zero-order valence-electron chi connectivity index (χ0n) is 14.5. The first-order valence-corrected chi connectivity index (χ1v) is 8.72. The summed E-state index contributed by atoms with van der Waals surface area (Å²) in [6.07, 6.45) is 0.879. The fraction of sp³-hybridized carbons (Fsp3) is 0.526. The van der Waals surface area contributed by atoms with Crippen molar-refractivity contribution in [3.8, 4) is 0 Å². The molecule has 1 aromatic rings. The number of aromatic nitrogens is 1. The Hall–Kier alpha value is -2.15. The number of methoxy groups -OCH3 is 1. The predicted octanol–water partition coefficient (Wildman–Crippen LogP) is 3.44. The minimum absolute atomic E-state index is 0.184. The van der Waals surface area contributed by atoms with E-state index in [1.807, 2.05) is 0 Å². The second-order valence-electron chi connectivity index (χ2n) is 6.78. The van der Waals surface area contributed by atoms with E-state index in [1.54, 1.807) is 0 Å². The number of fused-ring (bicyclic) bond motifs is 2. The van der Waals surface area contributed by atoms with Crippen LogP contribution in [-0.4, -0.2) is 35.4 Å². The van der Waals surface area contributed by atoms with Crippen LogP contribution in [0.3, 0.4) is 0 Å². The van der Waals surface area contributed by atoms with Gasteiger partial charge in [-0.15, -0.1) is 0 Å². The molecule has 2 fully saturated rings. The molecule has 26 heavy (non-hydrogen) atoms. The number of ketones is 2. The first kappa shape index (κ1) is 18.6. The van der Waals surface area contributed by atoms with Crippen LogP contribution < -0.4 is 0 Å². The Labute approximate surface area is 150 Å². The predicted molar refractivity (Wildman–Crippen MR) is 89.8 cm³/mol. The van der Waals surface area contributed by atoms with Crippen LogP contribution in [0.4, 0.5) is 8.78 Å². The number of allylic oxidation sites excluding steroid dienone is 1. The van der Waals surface area contributed by atoms with E-state index in [-0.39, 0.29) is 35.1 Å². The number of pyridine rings is 1. The molecule has 2 unspecified atom stereocenters. The van der Waals surface area contributed by atoms with E-state index in [0.717, 1.165) is 6.07 Å². The summed E-state index contributed by atoms with van der Waals surface area (Å²) >= 11 is 0. The number of rotatable bonds is 6. The van der Waals surface area contributed by atoms with E-state index < -0.39 is 29.3 Å². The minimum Gasteiger partial charge on any atom is -0.506 e. The van der Waals surface area contributed by atoms with Crippen molar-refractivity contribution < 1.29 is 28.2 Å². The lowest BCUT2D eigenvalue weighted by atomic mass is 9.81. The normalized spacial score (nSPS) is 22.4. The molecular formula is C19H21F2NO4. The summed E-state index contributed by atoms with van der Waals surface area (Å²) in [5.41, 5.74) is -0.692. The van der Waals surface area contributed by atoms with E-state index in [4.69, 9.17) is 4.74 Å². The SMILES string of the molecule is COCCCc1nccc(C(F)F)c1C(O)=C1C(=O)C2CCC(C2)C1=O. The van der Waals surface area contributed by atoms with Gasteiger partial charge in [-0.3, -0.25) is 14.6 Å². The average molecular weight is 365 g/mol. The van der Waals surface area contributed by atoms with Gasteiger partial charge in [0.05, 0.1) is 5.69 Å². The van der Waals surface area contributed by atoms with Crippen LogP contribution in [0.1, 0.15) is 48.9 Å². The van der Waals surface area contributed by atoms with Crippen LogP contribution in [0.5, 0.6) is 0 Å². The van der Waals surface area contributed by atoms with Crippen molar-refractivity contribution in [2.45, 2.75) is 38.5 Å². The molecule has 2 aliphatic rings. The zero-order chi connectivity index (χ0) is 18.8. The summed E-state index contributed by atoms with van der Waals surface area (Å²) in [5.74, 6) is -2.13. The van der Waals surface area contributed by atoms with Crippen molar-refractivity contribution in [2.24, 2.45) is 11.8 Å². The van der Waals surface area contributed by atoms with Gasteiger partial charge in [0.1, 0.15) is 11.3 Å². The molecule has 5 nitrogen and oxygen atoms in total. The molecule has 2 aliphatic carbocycles. The Bertz CT molecular complexity index is 736. The van der Waals surface area contributed by atoms with Gasteiger partial charge in [0, 0.05) is 42.9 Å². The Kier molecular flexibility index (Phi) is 5.46. The maximum Gasteiger partial charge on any atom is 0.264 e. The molecule has 1 heterocycles. The number of hydrogen-bond donors (Lipinski definition) is 1. The van der Waals surface area contributed by atoms with Gasteiger partial charge in [-0.2, -0.15) is 0 Å². The largest absolute Gasteiger partial charge is 0.506 e. The van der Waals surface area contributed by atoms with Crippen LogP contribution in [0.15, 0.2) is 17.8 Å². The molecule has 0 radical (unpaired) electrons.